The molecule has 6 heteroatoms. The summed E-state index contributed by atoms with van der Waals surface area (Å²) in [5.74, 6) is 0.779. The summed E-state index contributed by atoms with van der Waals surface area (Å²) in [5, 5.41) is 3.37. The van der Waals surface area contributed by atoms with Crippen LogP contribution in [-0.4, -0.2) is 22.1 Å². The number of anilines is 1. The molecule has 0 saturated carbocycles. The normalized spacial score (nSPS) is 12.7. The molecule has 0 fully saturated rings. The van der Waals surface area contributed by atoms with E-state index in [2.05, 4.69) is 10.0 Å². The van der Waals surface area contributed by atoms with Crippen LogP contribution >= 0.6 is 0 Å². The van der Waals surface area contributed by atoms with Gasteiger partial charge in [0.05, 0.1) is 17.2 Å². The van der Waals surface area contributed by atoms with Gasteiger partial charge in [-0.1, -0.05) is 24.3 Å². The fraction of sp³-hybridized carbons (Fsp3) is 0.294. The number of benzene rings is 2. The zero-order chi connectivity index (χ0) is 16.9. The Hall–Kier alpha value is -2.05. The lowest BCUT2D eigenvalue weighted by Gasteiger charge is -2.19. The second-order valence-corrected chi connectivity index (χ2v) is 6.96. The van der Waals surface area contributed by atoms with E-state index < -0.39 is 10.0 Å². The molecular weight excluding hydrogens is 312 g/mol. The van der Waals surface area contributed by atoms with Crippen molar-refractivity contribution in [2.24, 2.45) is 0 Å². The Morgan fingerprint density at radius 3 is 2.57 bits per heavy atom. The van der Waals surface area contributed by atoms with Gasteiger partial charge in [0.15, 0.2) is 0 Å². The van der Waals surface area contributed by atoms with Crippen LogP contribution in [0.15, 0.2) is 53.4 Å². The Kier molecular flexibility index (Phi) is 5.63. The molecule has 2 N–H and O–H groups in total. The van der Waals surface area contributed by atoms with Crippen molar-refractivity contribution < 1.29 is 13.2 Å². The summed E-state index contributed by atoms with van der Waals surface area (Å²) in [7, 11) is -2.04. The van der Waals surface area contributed by atoms with Crippen LogP contribution in [-0.2, 0) is 10.0 Å². The van der Waals surface area contributed by atoms with Crippen LogP contribution in [0.1, 0.15) is 25.5 Å². The maximum Gasteiger partial charge on any atom is 0.240 e. The molecule has 2 rings (SSSR count). The standard InChI is InChI=1S/C17H22N2O3S/c1-4-22-17-11-6-5-10-16(17)19-13(2)14-8-7-9-15(12-14)23(20,21)18-3/h5-13,18-19H,4H2,1-3H3. The molecule has 0 spiro atoms. The fourth-order valence-corrected chi connectivity index (χ4v) is 3.04. The monoisotopic (exact) mass is 334 g/mol. The lowest BCUT2D eigenvalue weighted by molar-refractivity contribution is 0.341. The first-order valence-electron chi connectivity index (χ1n) is 7.49. The van der Waals surface area contributed by atoms with Gasteiger partial charge in [-0.05, 0) is 50.7 Å². The minimum atomic E-state index is -3.45. The van der Waals surface area contributed by atoms with Gasteiger partial charge in [0.2, 0.25) is 10.0 Å². The molecule has 0 saturated heterocycles. The summed E-state index contributed by atoms with van der Waals surface area (Å²) in [6.07, 6.45) is 0. The minimum absolute atomic E-state index is 0.0661. The van der Waals surface area contributed by atoms with Gasteiger partial charge in [-0.25, -0.2) is 13.1 Å². The van der Waals surface area contributed by atoms with E-state index in [1.54, 1.807) is 18.2 Å². The zero-order valence-corrected chi connectivity index (χ0v) is 14.4. The summed E-state index contributed by atoms with van der Waals surface area (Å²) >= 11 is 0. The highest BCUT2D eigenvalue weighted by Crippen LogP contribution is 2.28. The van der Waals surface area contributed by atoms with Crippen LogP contribution in [0.3, 0.4) is 0 Å². The van der Waals surface area contributed by atoms with Gasteiger partial charge in [0.1, 0.15) is 5.75 Å². The topological polar surface area (TPSA) is 67.4 Å². The van der Waals surface area contributed by atoms with Crippen LogP contribution in [0.4, 0.5) is 5.69 Å². The lowest BCUT2D eigenvalue weighted by atomic mass is 10.1. The van der Waals surface area contributed by atoms with Crippen LogP contribution in [0.5, 0.6) is 5.75 Å². The molecular formula is C17H22N2O3S. The van der Waals surface area contributed by atoms with E-state index in [1.165, 1.54) is 7.05 Å². The maximum absolute atomic E-state index is 11.9. The van der Waals surface area contributed by atoms with Crippen molar-refractivity contribution in [2.75, 3.05) is 19.0 Å². The molecule has 0 amide bonds. The van der Waals surface area contributed by atoms with E-state index in [0.717, 1.165) is 17.0 Å². The van der Waals surface area contributed by atoms with E-state index in [0.29, 0.717) is 6.61 Å². The number of nitrogens with one attached hydrogen (secondary N) is 2. The van der Waals surface area contributed by atoms with Crippen molar-refractivity contribution in [3.63, 3.8) is 0 Å². The zero-order valence-electron chi connectivity index (χ0n) is 13.5. The highest BCUT2D eigenvalue weighted by molar-refractivity contribution is 7.89. The van der Waals surface area contributed by atoms with Crippen molar-refractivity contribution in [1.29, 1.82) is 0 Å². The summed E-state index contributed by atoms with van der Waals surface area (Å²) in [6, 6.07) is 14.5. The molecule has 124 valence electrons. The van der Waals surface area contributed by atoms with Gasteiger partial charge >= 0.3 is 0 Å². The molecule has 2 aromatic carbocycles. The quantitative estimate of drug-likeness (QED) is 0.816. The maximum atomic E-state index is 11.9. The van der Waals surface area contributed by atoms with Gasteiger partial charge in [0.25, 0.3) is 0 Å². The van der Waals surface area contributed by atoms with Crippen molar-refractivity contribution in [3.8, 4) is 5.75 Å². The van der Waals surface area contributed by atoms with E-state index in [1.807, 2.05) is 44.2 Å². The van der Waals surface area contributed by atoms with Crippen molar-refractivity contribution in [1.82, 2.24) is 4.72 Å². The van der Waals surface area contributed by atoms with E-state index in [4.69, 9.17) is 4.74 Å². The van der Waals surface area contributed by atoms with Gasteiger partial charge in [-0.15, -0.1) is 0 Å². The first-order valence-corrected chi connectivity index (χ1v) is 8.98. The number of ether oxygens (including phenoxy) is 1. The fourth-order valence-electron chi connectivity index (χ4n) is 2.25. The molecule has 0 aliphatic rings. The Balaban J connectivity index is 2.25. The number of rotatable bonds is 7. The first-order chi connectivity index (χ1) is 11.0. The van der Waals surface area contributed by atoms with E-state index in [9.17, 15) is 8.42 Å². The van der Waals surface area contributed by atoms with Crippen LogP contribution in [0.25, 0.3) is 0 Å². The molecule has 0 radical (unpaired) electrons. The highest BCUT2D eigenvalue weighted by atomic mass is 32.2. The van der Waals surface area contributed by atoms with Gasteiger partial charge in [-0.2, -0.15) is 0 Å². The molecule has 0 heterocycles. The second-order valence-electron chi connectivity index (χ2n) is 5.08. The largest absolute Gasteiger partial charge is 0.492 e. The van der Waals surface area contributed by atoms with Crippen LogP contribution in [0.2, 0.25) is 0 Å². The summed E-state index contributed by atoms with van der Waals surface area (Å²) < 4.78 is 31.8. The molecule has 23 heavy (non-hydrogen) atoms. The third kappa shape index (κ3) is 4.24. The van der Waals surface area contributed by atoms with Crippen molar-refractivity contribution in [2.45, 2.75) is 24.8 Å². The van der Waals surface area contributed by atoms with Crippen molar-refractivity contribution in [3.05, 3.63) is 54.1 Å². The number of para-hydroxylation sites is 2. The predicted molar refractivity (Wildman–Crippen MR) is 92.3 cm³/mol. The second kappa shape index (κ2) is 7.48. The Labute approximate surface area is 137 Å². The van der Waals surface area contributed by atoms with Gasteiger partial charge < -0.3 is 10.1 Å². The summed E-state index contributed by atoms with van der Waals surface area (Å²) in [4.78, 5) is 0.254. The molecule has 0 aliphatic heterocycles. The number of sulfonamides is 1. The third-order valence-corrected chi connectivity index (χ3v) is 4.91. The van der Waals surface area contributed by atoms with E-state index >= 15 is 0 Å². The Morgan fingerprint density at radius 1 is 1.13 bits per heavy atom. The van der Waals surface area contributed by atoms with Crippen molar-refractivity contribution >= 4 is 15.7 Å². The van der Waals surface area contributed by atoms with Gasteiger partial charge in [-0.3, -0.25) is 0 Å². The molecule has 0 bridgehead atoms. The number of hydrogen-bond acceptors (Lipinski definition) is 4. The Morgan fingerprint density at radius 2 is 1.87 bits per heavy atom. The first kappa shape index (κ1) is 17.3. The lowest BCUT2D eigenvalue weighted by Crippen LogP contribution is -2.19. The molecule has 1 unspecified atom stereocenters. The smallest absolute Gasteiger partial charge is 0.240 e. The highest BCUT2D eigenvalue weighted by Gasteiger charge is 2.14. The summed E-state index contributed by atoms with van der Waals surface area (Å²) in [5.41, 5.74) is 1.76. The Bertz CT molecular complexity index is 760. The minimum Gasteiger partial charge on any atom is -0.492 e. The molecule has 0 aromatic heterocycles. The summed E-state index contributed by atoms with van der Waals surface area (Å²) in [6.45, 7) is 4.50. The van der Waals surface area contributed by atoms with E-state index in [-0.39, 0.29) is 10.9 Å². The average molecular weight is 334 g/mol. The van der Waals surface area contributed by atoms with Crippen LogP contribution < -0.4 is 14.8 Å². The average Bonchev–Trinajstić information content (AvgIpc) is 2.57. The molecule has 2 aromatic rings. The predicted octanol–water partition coefficient (Wildman–Crippen LogP) is 3.17. The number of hydrogen-bond donors (Lipinski definition) is 2. The SMILES string of the molecule is CCOc1ccccc1NC(C)c1cccc(S(=O)(=O)NC)c1. The van der Waals surface area contributed by atoms with Gasteiger partial charge in [0, 0.05) is 6.04 Å². The molecule has 1 atom stereocenters. The third-order valence-electron chi connectivity index (χ3n) is 3.50. The molecule has 0 aliphatic carbocycles. The molecule has 5 nitrogen and oxygen atoms in total. The van der Waals surface area contributed by atoms with Crippen LogP contribution in [0, 0.1) is 0 Å².